The summed E-state index contributed by atoms with van der Waals surface area (Å²) < 4.78 is 5.82. The Labute approximate surface area is 101 Å². The number of ether oxygens (including phenoxy) is 1. The summed E-state index contributed by atoms with van der Waals surface area (Å²) in [6, 6.07) is 9.89. The molecule has 0 unspecified atom stereocenters. The lowest BCUT2D eigenvalue weighted by Gasteiger charge is -2.11. The summed E-state index contributed by atoms with van der Waals surface area (Å²) >= 11 is 0. The quantitative estimate of drug-likeness (QED) is 0.878. The fraction of sp³-hybridized carbons (Fsp3) is 0.214. The van der Waals surface area contributed by atoms with Crippen LogP contribution in [0.4, 0.5) is 0 Å². The van der Waals surface area contributed by atoms with E-state index < -0.39 is 0 Å². The minimum atomic E-state index is 0.425. The van der Waals surface area contributed by atoms with Gasteiger partial charge < -0.3 is 10.5 Å². The number of pyridine rings is 1. The Bertz CT molecular complexity index is 523. The van der Waals surface area contributed by atoms with Gasteiger partial charge in [-0.1, -0.05) is 18.2 Å². The topological polar surface area (TPSA) is 48.1 Å². The van der Waals surface area contributed by atoms with Crippen molar-refractivity contribution in [1.82, 2.24) is 4.98 Å². The van der Waals surface area contributed by atoms with Crippen molar-refractivity contribution in [1.29, 1.82) is 0 Å². The first-order chi connectivity index (χ1) is 8.20. The van der Waals surface area contributed by atoms with E-state index in [1.807, 2.05) is 38.1 Å². The lowest BCUT2D eigenvalue weighted by Crippen LogP contribution is -2.01. The Hall–Kier alpha value is -1.87. The van der Waals surface area contributed by atoms with Crippen molar-refractivity contribution in [2.45, 2.75) is 20.4 Å². The third kappa shape index (κ3) is 2.63. The molecule has 0 aliphatic carbocycles. The second-order valence-corrected chi connectivity index (χ2v) is 4.04. The highest BCUT2D eigenvalue weighted by atomic mass is 16.5. The Morgan fingerprint density at radius 3 is 2.82 bits per heavy atom. The molecule has 2 rings (SSSR count). The highest BCUT2D eigenvalue weighted by Gasteiger charge is 2.06. The Balaban J connectivity index is 2.34. The van der Waals surface area contributed by atoms with Crippen LogP contribution in [0.25, 0.3) is 0 Å². The summed E-state index contributed by atoms with van der Waals surface area (Å²) in [5, 5.41) is 0. The fourth-order valence-electron chi connectivity index (χ4n) is 1.59. The van der Waals surface area contributed by atoms with Gasteiger partial charge in [-0.25, -0.2) is 4.98 Å². The summed E-state index contributed by atoms with van der Waals surface area (Å²) in [5.41, 5.74) is 8.81. The molecule has 0 spiro atoms. The van der Waals surface area contributed by atoms with Crippen molar-refractivity contribution < 1.29 is 4.74 Å². The zero-order chi connectivity index (χ0) is 12.3. The van der Waals surface area contributed by atoms with E-state index in [4.69, 9.17) is 10.5 Å². The number of benzene rings is 1. The first-order valence-corrected chi connectivity index (χ1v) is 5.60. The third-order valence-electron chi connectivity index (χ3n) is 2.62. The molecule has 0 bridgehead atoms. The molecular weight excluding hydrogens is 212 g/mol. The number of nitrogens with two attached hydrogens (primary N) is 1. The molecule has 17 heavy (non-hydrogen) atoms. The second kappa shape index (κ2) is 4.97. The predicted octanol–water partition coefficient (Wildman–Crippen LogP) is 2.95. The summed E-state index contributed by atoms with van der Waals surface area (Å²) in [6.45, 7) is 4.47. The molecule has 0 aliphatic rings. The SMILES string of the molecule is Cc1ccc(C)c(Oc2ncccc2CN)c1. The van der Waals surface area contributed by atoms with E-state index in [0.717, 1.165) is 22.4 Å². The average molecular weight is 228 g/mol. The van der Waals surface area contributed by atoms with Crippen LogP contribution in [0.2, 0.25) is 0 Å². The molecule has 1 heterocycles. The average Bonchev–Trinajstić information content (AvgIpc) is 2.34. The van der Waals surface area contributed by atoms with Gasteiger partial charge in [-0.3, -0.25) is 0 Å². The van der Waals surface area contributed by atoms with Crippen LogP contribution in [0, 0.1) is 13.8 Å². The van der Waals surface area contributed by atoms with Gasteiger partial charge >= 0.3 is 0 Å². The molecule has 3 heteroatoms. The van der Waals surface area contributed by atoms with E-state index in [0.29, 0.717) is 12.4 Å². The van der Waals surface area contributed by atoms with Crippen molar-refractivity contribution >= 4 is 0 Å². The largest absolute Gasteiger partial charge is 0.438 e. The van der Waals surface area contributed by atoms with E-state index in [-0.39, 0.29) is 0 Å². The van der Waals surface area contributed by atoms with Crippen LogP contribution in [0.15, 0.2) is 36.5 Å². The van der Waals surface area contributed by atoms with Gasteiger partial charge in [0.15, 0.2) is 0 Å². The molecule has 3 nitrogen and oxygen atoms in total. The molecule has 0 saturated carbocycles. The van der Waals surface area contributed by atoms with Crippen molar-refractivity contribution in [3.05, 3.63) is 53.2 Å². The molecule has 0 aliphatic heterocycles. The first-order valence-electron chi connectivity index (χ1n) is 5.60. The van der Waals surface area contributed by atoms with Crippen LogP contribution in [-0.4, -0.2) is 4.98 Å². The van der Waals surface area contributed by atoms with E-state index in [1.54, 1.807) is 6.20 Å². The van der Waals surface area contributed by atoms with Gasteiger partial charge in [0.25, 0.3) is 0 Å². The molecule has 2 aromatic rings. The lowest BCUT2D eigenvalue weighted by atomic mass is 10.1. The molecule has 0 saturated heterocycles. The Morgan fingerprint density at radius 1 is 1.24 bits per heavy atom. The zero-order valence-corrected chi connectivity index (χ0v) is 10.1. The maximum atomic E-state index is 5.82. The summed E-state index contributed by atoms with van der Waals surface area (Å²) in [5.74, 6) is 1.42. The molecule has 1 aromatic carbocycles. The van der Waals surface area contributed by atoms with Crippen LogP contribution in [0.5, 0.6) is 11.6 Å². The normalized spacial score (nSPS) is 10.3. The van der Waals surface area contributed by atoms with E-state index >= 15 is 0 Å². The predicted molar refractivity (Wildman–Crippen MR) is 68.1 cm³/mol. The zero-order valence-electron chi connectivity index (χ0n) is 10.1. The highest BCUT2D eigenvalue weighted by molar-refractivity contribution is 5.39. The Morgan fingerprint density at radius 2 is 2.06 bits per heavy atom. The van der Waals surface area contributed by atoms with Gasteiger partial charge in [0.1, 0.15) is 5.75 Å². The highest BCUT2D eigenvalue weighted by Crippen LogP contribution is 2.26. The summed E-state index contributed by atoms with van der Waals surface area (Å²) in [4.78, 5) is 4.21. The molecule has 2 N–H and O–H groups in total. The van der Waals surface area contributed by atoms with E-state index in [2.05, 4.69) is 11.1 Å². The van der Waals surface area contributed by atoms with E-state index in [9.17, 15) is 0 Å². The molecule has 0 atom stereocenters. The molecule has 0 amide bonds. The van der Waals surface area contributed by atoms with Crippen LogP contribution in [0.1, 0.15) is 16.7 Å². The molecule has 88 valence electrons. The minimum absolute atomic E-state index is 0.425. The van der Waals surface area contributed by atoms with Crippen molar-refractivity contribution in [2.24, 2.45) is 5.73 Å². The first kappa shape index (κ1) is 11.6. The van der Waals surface area contributed by atoms with Crippen LogP contribution in [0.3, 0.4) is 0 Å². The van der Waals surface area contributed by atoms with Crippen molar-refractivity contribution in [3.8, 4) is 11.6 Å². The van der Waals surface area contributed by atoms with Gasteiger partial charge in [0.05, 0.1) is 0 Å². The van der Waals surface area contributed by atoms with Crippen molar-refractivity contribution in [2.75, 3.05) is 0 Å². The van der Waals surface area contributed by atoms with Gasteiger partial charge in [-0.15, -0.1) is 0 Å². The number of aromatic nitrogens is 1. The van der Waals surface area contributed by atoms with Gasteiger partial charge in [0, 0.05) is 18.3 Å². The number of hydrogen-bond acceptors (Lipinski definition) is 3. The van der Waals surface area contributed by atoms with Gasteiger partial charge in [-0.05, 0) is 37.1 Å². The maximum absolute atomic E-state index is 5.82. The van der Waals surface area contributed by atoms with Crippen LogP contribution >= 0.6 is 0 Å². The van der Waals surface area contributed by atoms with Gasteiger partial charge in [0.2, 0.25) is 5.88 Å². The number of nitrogens with zero attached hydrogens (tertiary/aromatic N) is 1. The Kier molecular flexibility index (Phi) is 3.40. The van der Waals surface area contributed by atoms with E-state index in [1.165, 1.54) is 0 Å². The third-order valence-corrected chi connectivity index (χ3v) is 2.62. The molecular formula is C14H16N2O. The maximum Gasteiger partial charge on any atom is 0.223 e. The minimum Gasteiger partial charge on any atom is -0.438 e. The number of hydrogen-bond donors (Lipinski definition) is 1. The number of rotatable bonds is 3. The van der Waals surface area contributed by atoms with Crippen LogP contribution < -0.4 is 10.5 Å². The fourth-order valence-corrected chi connectivity index (χ4v) is 1.59. The van der Waals surface area contributed by atoms with Crippen molar-refractivity contribution in [3.63, 3.8) is 0 Å². The molecule has 0 fully saturated rings. The second-order valence-electron chi connectivity index (χ2n) is 4.04. The standard InChI is InChI=1S/C14H16N2O/c1-10-5-6-11(2)13(8-10)17-14-12(9-15)4-3-7-16-14/h3-8H,9,15H2,1-2H3. The number of aryl methyl sites for hydroxylation is 2. The van der Waals surface area contributed by atoms with Crippen LogP contribution in [-0.2, 0) is 6.54 Å². The summed E-state index contributed by atoms with van der Waals surface area (Å²) in [7, 11) is 0. The molecule has 0 radical (unpaired) electrons. The monoisotopic (exact) mass is 228 g/mol. The smallest absolute Gasteiger partial charge is 0.223 e. The lowest BCUT2D eigenvalue weighted by molar-refractivity contribution is 0.452. The van der Waals surface area contributed by atoms with Gasteiger partial charge in [-0.2, -0.15) is 0 Å². The molecule has 1 aromatic heterocycles. The summed E-state index contributed by atoms with van der Waals surface area (Å²) in [6.07, 6.45) is 1.71.